The van der Waals surface area contributed by atoms with Crippen LogP contribution in [0.3, 0.4) is 0 Å². The number of benzene rings is 2. The van der Waals surface area contributed by atoms with Crippen molar-refractivity contribution in [3.8, 4) is 11.1 Å². The number of carbonyl (C=O) groups excluding carboxylic acids is 2. The van der Waals surface area contributed by atoms with Crippen molar-refractivity contribution in [2.24, 2.45) is 11.8 Å². The fraction of sp³-hybridized carbons (Fsp3) is 0.444. The molecule has 0 bridgehead atoms. The Balaban J connectivity index is 1.43. The summed E-state index contributed by atoms with van der Waals surface area (Å²) in [7, 11) is 1.44. The van der Waals surface area contributed by atoms with Crippen LogP contribution in [-0.4, -0.2) is 66.9 Å². The topological polar surface area (TPSA) is 105 Å². The fourth-order valence-electron chi connectivity index (χ4n) is 5.13. The van der Waals surface area contributed by atoms with E-state index in [9.17, 15) is 19.5 Å². The van der Waals surface area contributed by atoms with Crippen LogP contribution in [0.15, 0.2) is 48.5 Å². The van der Waals surface area contributed by atoms with Crippen LogP contribution in [-0.2, 0) is 19.1 Å². The van der Waals surface area contributed by atoms with Crippen molar-refractivity contribution in [1.29, 1.82) is 0 Å². The third-order valence-electron chi connectivity index (χ3n) is 6.84. The molecule has 3 atom stereocenters. The van der Waals surface area contributed by atoms with Gasteiger partial charge in [0.2, 0.25) is 5.91 Å². The number of fused-ring (bicyclic) bond motifs is 3. The molecule has 1 fully saturated rings. The molecule has 8 nitrogen and oxygen atoms in total. The highest BCUT2D eigenvalue weighted by Gasteiger charge is 2.42. The maximum atomic E-state index is 13.2. The van der Waals surface area contributed by atoms with Gasteiger partial charge in [0.25, 0.3) is 0 Å². The Morgan fingerprint density at radius 3 is 2.14 bits per heavy atom. The van der Waals surface area contributed by atoms with Crippen molar-refractivity contribution >= 4 is 18.0 Å². The third-order valence-corrected chi connectivity index (χ3v) is 6.84. The summed E-state index contributed by atoms with van der Waals surface area (Å²) in [5.74, 6) is -2.06. The number of methoxy groups -OCH3 is 1. The number of hydrogen-bond donors (Lipinski definition) is 2. The maximum absolute atomic E-state index is 13.2. The van der Waals surface area contributed by atoms with E-state index in [1.54, 1.807) is 0 Å². The van der Waals surface area contributed by atoms with Crippen LogP contribution in [0.1, 0.15) is 37.3 Å². The molecule has 0 spiro atoms. The van der Waals surface area contributed by atoms with Gasteiger partial charge in [-0.1, -0.05) is 62.4 Å². The van der Waals surface area contributed by atoms with E-state index in [0.717, 1.165) is 22.3 Å². The Morgan fingerprint density at radius 1 is 1.03 bits per heavy atom. The standard InChI is InChI=1S/C27H32N2O6/c1-16(2)12-23(25(30)29-13-21(26(31)32)24(14-29)34-3)28-27(33)35-15-22-19-10-6-4-8-17(19)18-9-5-7-11-20(18)22/h4-11,16,21-24H,12-15H2,1-3H3,(H,28,33)(H,31,32)/t21?,23-,24?/m1/s1. The summed E-state index contributed by atoms with van der Waals surface area (Å²) in [6.07, 6.45) is -0.830. The number of alkyl carbamates (subject to hydrolysis) is 1. The molecule has 1 aliphatic carbocycles. The van der Waals surface area contributed by atoms with Gasteiger partial charge in [-0.25, -0.2) is 4.79 Å². The van der Waals surface area contributed by atoms with E-state index in [0.29, 0.717) is 6.42 Å². The number of nitrogens with zero attached hydrogens (tertiary/aromatic N) is 1. The molecule has 35 heavy (non-hydrogen) atoms. The molecule has 1 heterocycles. The second-order valence-corrected chi connectivity index (χ2v) is 9.61. The highest BCUT2D eigenvalue weighted by molar-refractivity contribution is 5.87. The summed E-state index contributed by atoms with van der Waals surface area (Å²) in [5, 5.41) is 12.2. The largest absolute Gasteiger partial charge is 0.481 e. The number of ether oxygens (including phenoxy) is 2. The monoisotopic (exact) mass is 480 g/mol. The molecule has 2 N–H and O–H groups in total. The average molecular weight is 481 g/mol. The van der Waals surface area contributed by atoms with Crippen molar-refractivity contribution < 1.29 is 29.0 Å². The number of amides is 2. The molecule has 1 aliphatic heterocycles. The Hall–Kier alpha value is -3.39. The minimum Gasteiger partial charge on any atom is -0.481 e. The van der Waals surface area contributed by atoms with Gasteiger partial charge < -0.3 is 24.8 Å². The average Bonchev–Trinajstić information content (AvgIpc) is 3.41. The molecule has 2 aromatic carbocycles. The molecular weight excluding hydrogens is 448 g/mol. The summed E-state index contributed by atoms with van der Waals surface area (Å²) in [6, 6.07) is 15.4. The minimum atomic E-state index is -1.00. The van der Waals surface area contributed by atoms with E-state index in [-0.39, 0.29) is 37.4 Å². The van der Waals surface area contributed by atoms with Gasteiger partial charge in [-0.2, -0.15) is 0 Å². The zero-order valence-electron chi connectivity index (χ0n) is 20.3. The minimum absolute atomic E-state index is 0.0492. The van der Waals surface area contributed by atoms with E-state index >= 15 is 0 Å². The highest BCUT2D eigenvalue weighted by atomic mass is 16.5. The van der Waals surface area contributed by atoms with E-state index in [4.69, 9.17) is 9.47 Å². The van der Waals surface area contributed by atoms with Gasteiger partial charge >= 0.3 is 12.1 Å². The lowest BCUT2D eigenvalue weighted by molar-refractivity contribution is -0.144. The van der Waals surface area contributed by atoms with Crippen LogP contribution < -0.4 is 5.32 Å². The van der Waals surface area contributed by atoms with Crippen LogP contribution >= 0.6 is 0 Å². The van der Waals surface area contributed by atoms with E-state index in [1.165, 1.54) is 12.0 Å². The molecule has 0 aromatic heterocycles. The molecule has 0 radical (unpaired) electrons. The lowest BCUT2D eigenvalue weighted by Gasteiger charge is -2.25. The van der Waals surface area contributed by atoms with Gasteiger partial charge in [-0.15, -0.1) is 0 Å². The highest BCUT2D eigenvalue weighted by Crippen LogP contribution is 2.44. The number of likely N-dealkylation sites (tertiary alicyclic amines) is 1. The predicted octanol–water partition coefficient (Wildman–Crippen LogP) is 3.50. The number of carbonyl (C=O) groups is 3. The quantitative estimate of drug-likeness (QED) is 0.599. The van der Waals surface area contributed by atoms with Crippen molar-refractivity contribution in [1.82, 2.24) is 10.2 Å². The van der Waals surface area contributed by atoms with Crippen molar-refractivity contribution in [2.45, 2.75) is 38.3 Å². The van der Waals surface area contributed by atoms with Crippen LogP contribution in [0.25, 0.3) is 11.1 Å². The summed E-state index contributed by atoms with van der Waals surface area (Å²) >= 11 is 0. The van der Waals surface area contributed by atoms with E-state index < -0.39 is 30.1 Å². The van der Waals surface area contributed by atoms with Crippen LogP contribution in [0.5, 0.6) is 0 Å². The molecule has 2 aromatic rings. The summed E-state index contributed by atoms with van der Waals surface area (Å²) < 4.78 is 10.9. The van der Waals surface area contributed by atoms with Crippen LogP contribution in [0.2, 0.25) is 0 Å². The molecule has 2 unspecified atom stereocenters. The van der Waals surface area contributed by atoms with Gasteiger partial charge in [0, 0.05) is 26.1 Å². The van der Waals surface area contributed by atoms with Crippen LogP contribution in [0, 0.1) is 11.8 Å². The predicted molar refractivity (Wildman–Crippen MR) is 130 cm³/mol. The molecule has 0 saturated carbocycles. The number of carboxylic acid groups (broad SMARTS) is 1. The molecule has 4 rings (SSSR count). The number of rotatable bonds is 8. The molecule has 2 aliphatic rings. The van der Waals surface area contributed by atoms with Gasteiger partial charge in [-0.05, 0) is 34.6 Å². The first-order valence-corrected chi connectivity index (χ1v) is 12.0. The number of carboxylic acids is 1. The third kappa shape index (κ3) is 5.17. The van der Waals surface area contributed by atoms with Crippen molar-refractivity contribution in [2.75, 3.05) is 26.8 Å². The van der Waals surface area contributed by atoms with Gasteiger partial charge in [0.15, 0.2) is 0 Å². The molecule has 186 valence electrons. The van der Waals surface area contributed by atoms with E-state index in [2.05, 4.69) is 17.4 Å². The second-order valence-electron chi connectivity index (χ2n) is 9.61. The second kappa shape index (κ2) is 10.5. The van der Waals surface area contributed by atoms with Crippen molar-refractivity contribution in [3.63, 3.8) is 0 Å². The smallest absolute Gasteiger partial charge is 0.407 e. The summed E-state index contributed by atoms with van der Waals surface area (Å²) in [4.78, 5) is 39.1. The fourth-order valence-corrected chi connectivity index (χ4v) is 5.13. The zero-order valence-corrected chi connectivity index (χ0v) is 20.3. The molecule has 2 amide bonds. The van der Waals surface area contributed by atoms with Gasteiger partial charge in [0.05, 0.1) is 6.10 Å². The van der Waals surface area contributed by atoms with Gasteiger partial charge in [-0.3, -0.25) is 9.59 Å². The number of aliphatic carboxylic acids is 1. The van der Waals surface area contributed by atoms with Gasteiger partial charge in [0.1, 0.15) is 18.6 Å². The van der Waals surface area contributed by atoms with Crippen molar-refractivity contribution in [3.05, 3.63) is 59.7 Å². The SMILES string of the molecule is COC1CN(C(=O)[C@@H](CC(C)C)NC(=O)OCC2c3ccccc3-c3ccccc32)CC1C(=O)O. The lowest BCUT2D eigenvalue weighted by atomic mass is 9.98. The summed E-state index contributed by atoms with van der Waals surface area (Å²) in [5.41, 5.74) is 4.50. The number of hydrogen-bond acceptors (Lipinski definition) is 5. The molecule has 8 heteroatoms. The first-order chi connectivity index (χ1) is 16.8. The normalized spacial score (nSPS) is 19.8. The molecular formula is C27H32N2O6. The van der Waals surface area contributed by atoms with E-state index in [1.807, 2.05) is 50.2 Å². The lowest BCUT2D eigenvalue weighted by Crippen LogP contribution is -2.49. The Labute approximate surface area is 205 Å². The Bertz CT molecular complexity index is 1060. The Morgan fingerprint density at radius 2 is 1.63 bits per heavy atom. The maximum Gasteiger partial charge on any atom is 0.407 e. The first kappa shape index (κ1) is 24.7. The first-order valence-electron chi connectivity index (χ1n) is 12.0. The molecule has 1 saturated heterocycles. The Kier molecular flexibility index (Phi) is 7.40. The zero-order chi connectivity index (χ0) is 25.1. The summed E-state index contributed by atoms with van der Waals surface area (Å²) in [6.45, 7) is 4.29. The van der Waals surface area contributed by atoms with Crippen LogP contribution in [0.4, 0.5) is 4.79 Å². The number of nitrogens with one attached hydrogen (secondary N) is 1.